The van der Waals surface area contributed by atoms with Gasteiger partial charge in [-0.2, -0.15) is 8.42 Å². The van der Waals surface area contributed by atoms with Gasteiger partial charge in [0.15, 0.2) is 0 Å². The van der Waals surface area contributed by atoms with Crippen LogP contribution in [-0.4, -0.2) is 26.6 Å². The van der Waals surface area contributed by atoms with E-state index in [0.29, 0.717) is 5.75 Å². The van der Waals surface area contributed by atoms with Crippen molar-refractivity contribution in [1.82, 2.24) is 4.98 Å². The SMILES string of the molecule is Cc1ccc(S(=O)(=O)OCCOc2ccc(C#Cc3ccc4scnc4c3)cc2)cc1. The maximum atomic E-state index is 12.1. The molecule has 4 aromatic rings. The van der Waals surface area contributed by atoms with Gasteiger partial charge in [0, 0.05) is 11.1 Å². The Morgan fingerprint density at radius 2 is 1.61 bits per heavy atom. The smallest absolute Gasteiger partial charge is 0.297 e. The van der Waals surface area contributed by atoms with E-state index in [4.69, 9.17) is 8.92 Å². The molecule has 0 radical (unpaired) electrons. The Morgan fingerprint density at radius 1 is 0.903 bits per heavy atom. The van der Waals surface area contributed by atoms with Crippen molar-refractivity contribution in [2.24, 2.45) is 0 Å². The highest BCUT2D eigenvalue weighted by molar-refractivity contribution is 7.86. The second kappa shape index (κ2) is 9.31. The minimum atomic E-state index is -3.78. The zero-order valence-electron chi connectivity index (χ0n) is 16.7. The molecule has 31 heavy (non-hydrogen) atoms. The third-order valence-corrected chi connectivity index (χ3v) is 6.57. The molecule has 0 fully saturated rings. The maximum absolute atomic E-state index is 12.1. The van der Waals surface area contributed by atoms with E-state index in [2.05, 4.69) is 16.8 Å². The summed E-state index contributed by atoms with van der Waals surface area (Å²) in [7, 11) is -3.78. The number of thiazole rings is 1. The van der Waals surface area contributed by atoms with Gasteiger partial charge in [0.25, 0.3) is 10.1 Å². The first-order valence-electron chi connectivity index (χ1n) is 9.54. The normalized spacial score (nSPS) is 11.1. The molecule has 0 aliphatic rings. The van der Waals surface area contributed by atoms with Crippen LogP contribution in [-0.2, 0) is 14.3 Å². The second-order valence-corrected chi connectivity index (χ2v) is 9.25. The number of aryl methyl sites for hydroxylation is 1. The van der Waals surface area contributed by atoms with Crippen LogP contribution < -0.4 is 4.74 Å². The summed E-state index contributed by atoms with van der Waals surface area (Å²) in [6.07, 6.45) is 0. The lowest BCUT2D eigenvalue weighted by Gasteiger charge is -2.08. The molecule has 0 aliphatic carbocycles. The van der Waals surface area contributed by atoms with Gasteiger partial charge in [-0.1, -0.05) is 29.5 Å². The van der Waals surface area contributed by atoms with Gasteiger partial charge in [-0.15, -0.1) is 11.3 Å². The van der Waals surface area contributed by atoms with Crippen LogP contribution in [0.15, 0.2) is 77.1 Å². The highest BCUT2D eigenvalue weighted by Crippen LogP contribution is 2.19. The molecule has 0 bridgehead atoms. The fraction of sp³-hybridized carbons (Fsp3) is 0.125. The lowest BCUT2D eigenvalue weighted by molar-refractivity contribution is 0.221. The van der Waals surface area contributed by atoms with Gasteiger partial charge in [-0.3, -0.25) is 4.18 Å². The minimum Gasteiger partial charge on any atom is -0.491 e. The summed E-state index contributed by atoms with van der Waals surface area (Å²) in [5.41, 5.74) is 5.52. The predicted octanol–water partition coefficient (Wildman–Crippen LogP) is 4.79. The maximum Gasteiger partial charge on any atom is 0.297 e. The Labute approximate surface area is 185 Å². The number of benzene rings is 3. The van der Waals surface area contributed by atoms with Crippen LogP contribution in [0, 0.1) is 18.8 Å². The molecule has 0 aliphatic heterocycles. The number of aromatic nitrogens is 1. The van der Waals surface area contributed by atoms with Gasteiger partial charge < -0.3 is 4.74 Å². The quantitative estimate of drug-likeness (QED) is 0.241. The van der Waals surface area contributed by atoms with Gasteiger partial charge in [0.05, 0.1) is 20.6 Å². The number of nitrogens with zero attached hydrogens (tertiary/aromatic N) is 1. The largest absolute Gasteiger partial charge is 0.491 e. The molecule has 3 aromatic carbocycles. The average molecular weight is 450 g/mol. The van der Waals surface area contributed by atoms with Crippen LogP contribution in [0.3, 0.4) is 0 Å². The van der Waals surface area contributed by atoms with E-state index in [1.165, 1.54) is 12.1 Å². The van der Waals surface area contributed by atoms with Crippen molar-refractivity contribution in [3.8, 4) is 17.6 Å². The molecule has 1 aromatic heterocycles. The van der Waals surface area contributed by atoms with Crippen LogP contribution in [0.25, 0.3) is 10.2 Å². The topological polar surface area (TPSA) is 65.5 Å². The van der Waals surface area contributed by atoms with Gasteiger partial charge in [-0.05, 0) is 61.5 Å². The van der Waals surface area contributed by atoms with Crippen LogP contribution in [0.2, 0.25) is 0 Å². The van der Waals surface area contributed by atoms with Crippen molar-refractivity contribution in [2.75, 3.05) is 13.2 Å². The molecule has 4 rings (SSSR count). The van der Waals surface area contributed by atoms with Crippen LogP contribution in [0.4, 0.5) is 0 Å². The van der Waals surface area contributed by atoms with Crippen LogP contribution in [0.5, 0.6) is 5.75 Å². The van der Waals surface area contributed by atoms with E-state index in [-0.39, 0.29) is 18.1 Å². The number of hydrogen-bond acceptors (Lipinski definition) is 6. The molecule has 0 atom stereocenters. The van der Waals surface area contributed by atoms with E-state index in [1.54, 1.807) is 35.6 Å². The van der Waals surface area contributed by atoms with Crippen LogP contribution in [0.1, 0.15) is 16.7 Å². The number of rotatable bonds is 6. The van der Waals surface area contributed by atoms with Crippen molar-refractivity contribution < 1.29 is 17.3 Å². The van der Waals surface area contributed by atoms with Crippen LogP contribution >= 0.6 is 11.3 Å². The summed E-state index contributed by atoms with van der Waals surface area (Å²) in [5, 5.41) is 0. The van der Waals surface area contributed by atoms with Crippen molar-refractivity contribution >= 4 is 31.7 Å². The highest BCUT2D eigenvalue weighted by Gasteiger charge is 2.14. The van der Waals surface area contributed by atoms with E-state index in [9.17, 15) is 8.42 Å². The molecule has 156 valence electrons. The predicted molar refractivity (Wildman–Crippen MR) is 122 cm³/mol. The zero-order valence-corrected chi connectivity index (χ0v) is 18.4. The van der Waals surface area contributed by atoms with Gasteiger partial charge in [0.2, 0.25) is 0 Å². The number of fused-ring (bicyclic) bond motifs is 1. The van der Waals surface area contributed by atoms with Gasteiger partial charge in [0.1, 0.15) is 19.0 Å². The molecule has 7 heteroatoms. The summed E-state index contributed by atoms with van der Waals surface area (Å²) in [6, 6.07) is 19.8. The van der Waals surface area contributed by atoms with E-state index < -0.39 is 10.1 Å². The first-order valence-corrected chi connectivity index (χ1v) is 11.8. The molecule has 0 unspecified atom stereocenters. The van der Waals surface area contributed by atoms with E-state index in [0.717, 1.165) is 26.9 Å². The van der Waals surface area contributed by atoms with Gasteiger partial charge in [-0.25, -0.2) is 4.98 Å². The Bertz CT molecular complexity index is 1350. The van der Waals surface area contributed by atoms with Gasteiger partial charge >= 0.3 is 0 Å². The molecular formula is C24H19NO4S2. The van der Waals surface area contributed by atoms with Crippen molar-refractivity contribution in [3.63, 3.8) is 0 Å². The Kier molecular flexibility index (Phi) is 6.33. The molecule has 0 spiro atoms. The van der Waals surface area contributed by atoms with E-state index in [1.807, 2.05) is 42.8 Å². The first-order chi connectivity index (χ1) is 15.0. The Morgan fingerprint density at radius 3 is 2.39 bits per heavy atom. The summed E-state index contributed by atoms with van der Waals surface area (Å²) >= 11 is 1.61. The number of hydrogen-bond donors (Lipinski definition) is 0. The molecular weight excluding hydrogens is 430 g/mol. The fourth-order valence-electron chi connectivity index (χ4n) is 2.79. The van der Waals surface area contributed by atoms with Crippen molar-refractivity contribution in [3.05, 3.63) is 88.9 Å². The zero-order chi connectivity index (χ0) is 21.7. The number of ether oxygens (including phenoxy) is 1. The third kappa shape index (κ3) is 5.50. The Balaban J connectivity index is 1.29. The fourth-order valence-corrected chi connectivity index (χ4v) is 4.34. The molecule has 0 saturated heterocycles. The summed E-state index contributed by atoms with van der Waals surface area (Å²) < 4.78 is 36.0. The standard InChI is InChI=1S/C24H19NO4S2/c1-18-2-11-22(12-3-18)31(26,27)29-15-14-28-21-9-6-19(7-10-21)4-5-20-8-13-24-23(16-20)25-17-30-24/h2-3,6-13,16-17H,14-15H2,1H3. The Hall–Kier alpha value is -3.18. The summed E-state index contributed by atoms with van der Waals surface area (Å²) in [5.74, 6) is 6.87. The van der Waals surface area contributed by atoms with E-state index >= 15 is 0 Å². The second-order valence-electron chi connectivity index (χ2n) is 6.75. The molecule has 1 heterocycles. The lowest BCUT2D eigenvalue weighted by Crippen LogP contribution is -2.13. The highest BCUT2D eigenvalue weighted by atomic mass is 32.2. The third-order valence-electron chi connectivity index (χ3n) is 4.44. The summed E-state index contributed by atoms with van der Waals surface area (Å²) in [4.78, 5) is 4.44. The molecule has 0 amide bonds. The molecule has 0 N–H and O–H groups in total. The summed E-state index contributed by atoms with van der Waals surface area (Å²) in [6.45, 7) is 1.93. The first kappa shape index (κ1) is 21.1. The van der Waals surface area contributed by atoms with Crippen molar-refractivity contribution in [1.29, 1.82) is 0 Å². The van der Waals surface area contributed by atoms with Crippen molar-refractivity contribution in [2.45, 2.75) is 11.8 Å². The average Bonchev–Trinajstić information content (AvgIpc) is 3.24. The lowest BCUT2D eigenvalue weighted by atomic mass is 10.1. The minimum absolute atomic E-state index is 0.0726. The molecule has 5 nitrogen and oxygen atoms in total. The molecule has 0 saturated carbocycles. The monoisotopic (exact) mass is 449 g/mol.